The van der Waals surface area contributed by atoms with Crippen LogP contribution in [0.3, 0.4) is 0 Å². The molecule has 0 radical (unpaired) electrons. The zero-order valence-electron chi connectivity index (χ0n) is 9.15. The summed E-state index contributed by atoms with van der Waals surface area (Å²) in [5, 5.41) is 8.72. The summed E-state index contributed by atoms with van der Waals surface area (Å²) in [4.78, 5) is 14.7. The normalized spacial score (nSPS) is 9.87. The molecule has 4 heteroatoms. The minimum atomic E-state index is -0.968. The number of aromatic nitrogens is 1. The lowest BCUT2D eigenvalue weighted by atomic mass is 10.0. The minimum absolute atomic E-state index is 0. The summed E-state index contributed by atoms with van der Waals surface area (Å²) in [7, 11) is 0. The van der Waals surface area contributed by atoms with Crippen LogP contribution in [0.4, 0.5) is 0 Å². The Bertz CT molecular complexity index is 350. The smallest absolute Gasteiger partial charge is 0.354 e. The van der Waals surface area contributed by atoms with E-state index in [2.05, 4.69) is 18.8 Å². The molecule has 0 aliphatic rings. The van der Waals surface area contributed by atoms with Gasteiger partial charge in [-0.25, -0.2) is 9.78 Å². The van der Waals surface area contributed by atoms with E-state index in [0.29, 0.717) is 5.92 Å². The summed E-state index contributed by atoms with van der Waals surface area (Å²) in [6.07, 6.45) is 0.943. The molecule has 0 saturated carbocycles. The van der Waals surface area contributed by atoms with E-state index in [4.69, 9.17) is 5.11 Å². The van der Waals surface area contributed by atoms with Crippen LogP contribution in [0.2, 0.25) is 0 Å². The highest BCUT2D eigenvalue weighted by Crippen LogP contribution is 2.12. The molecule has 15 heavy (non-hydrogen) atoms. The third kappa shape index (κ3) is 3.88. The molecule has 1 aromatic heterocycles. The first-order valence-corrected chi connectivity index (χ1v) is 4.70. The first-order valence-electron chi connectivity index (χ1n) is 4.70. The molecule has 1 heterocycles. The number of halogens is 1. The van der Waals surface area contributed by atoms with E-state index >= 15 is 0 Å². The number of aromatic carboxylic acids is 1. The molecule has 0 unspecified atom stereocenters. The van der Waals surface area contributed by atoms with Crippen molar-refractivity contribution in [1.82, 2.24) is 4.98 Å². The fourth-order valence-electron chi connectivity index (χ4n) is 1.36. The Labute approximate surface area is 95.9 Å². The lowest BCUT2D eigenvalue weighted by Crippen LogP contribution is -2.05. The monoisotopic (exact) mass is 229 g/mol. The van der Waals surface area contributed by atoms with Crippen LogP contribution in [-0.2, 0) is 6.42 Å². The second-order valence-corrected chi connectivity index (χ2v) is 3.84. The average Bonchev–Trinajstić information content (AvgIpc) is 2.07. The second kappa shape index (κ2) is 5.71. The van der Waals surface area contributed by atoms with Crippen LogP contribution in [0.15, 0.2) is 12.1 Å². The molecular formula is C11H16ClNO2. The number of hydrogen-bond acceptors (Lipinski definition) is 2. The predicted octanol–water partition coefficient (Wildman–Crippen LogP) is 2.71. The summed E-state index contributed by atoms with van der Waals surface area (Å²) in [5.74, 6) is -0.407. The molecule has 1 N–H and O–H groups in total. The molecule has 0 amide bonds. The maximum Gasteiger partial charge on any atom is 0.354 e. The zero-order valence-corrected chi connectivity index (χ0v) is 9.97. The van der Waals surface area contributed by atoms with Crippen molar-refractivity contribution in [2.24, 2.45) is 5.92 Å². The van der Waals surface area contributed by atoms with Crippen LogP contribution in [-0.4, -0.2) is 16.1 Å². The fourth-order valence-corrected chi connectivity index (χ4v) is 1.36. The van der Waals surface area contributed by atoms with Gasteiger partial charge in [0.15, 0.2) is 0 Å². The third-order valence-electron chi connectivity index (χ3n) is 2.04. The summed E-state index contributed by atoms with van der Waals surface area (Å²) < 4.78 is 0. The number of nitrogens with zero attached hydrogens (tertiary/aromatic N) is 1. The largest absolute Gasteiger partial charge is 0.477 e. The van der Waals surface area contributed by atoms with Gasteiger partial charge in [0.1, 0.15) is 5.69 Å². The molecule has 0 spiro atoms. The SMILES string of the molecule is Cc1nc(C(=O)O)ccc1CC(C)C.Cl. The number of rotatable bonds is 3. The fraction of sp³-hybridized carbons (Fsp3) is 0.455. The molecule has 0 bridgehead atoms. The summed E-state index contributed by atoms with van der Waals surface area (Å²) in [5.41, 5.74) is 2.07. The first-order chi connectivity index (χ1) is 6.50. The van der Waals surface area contributed by atoms with Crippen molar-refractivity contribution in [1.29, 1.82) is 0 Å². The molecule has 3 nitrogen and oxygen atoms in total. The van der Waals surface area contributed by atoms with Crippen LogP contribution >= 0.6 is 12.4 Å². The lowest BCUT2D eigenvalue weighted by Gasteiger charge is -2.08. The van der Waals surface area contributed by atoms with Crippen molar-refractivity contribution in [3.8, 4) is 0 Å². The molecule has 0 aliphatic carbocycles. The maximum atomic E-state index is 10.6. The van der Waals surface area contributed by atoms with Gasteiger partial charge in [-0.15, -0.1) is 12.4 Å². The zero-order chi connectivity index (χ0) is 10.7. The highest BCUT2D eigenvalue weighted by Gasteiger charge is 2.08. The number of carboxylic acid groups (broad SMARTS) is 1. The Hall–Kier alpha value is -1.09. The van der Waals surface area contributed by atoms with Crippen LogP contribution in [0, 0.1) is 12.8 Å². The molecular weight excluding hydrogens is 214 g/mol. The Kier molecular flexibility index (Phi) is 5.29. The van der Waals surface area contributed by atoms with E-state index in [1.807, 2.05) is 13.0 Å². The number of carbonyl (C=O) groups is 1. The van der Waals surface area contributed by atoms with Gasteiger partial charge in [0.25, 0.3) is 0 Å². The second-order valence-electron chi connectivity index (χ2n) is 3.84. The van der Waals surface area contributed by atoms with Crippen LogP contribution in [0.5, 0.6) is 0 Å². The Morgan fingerprint density at radius 2 is 2.07 bits per heavy atom. The van der Waals surface area contributed by atoms with Crippen molar-refractivity contribution in [3.63, 3.8) is 0 Å². The molecule has 0 saturated heterocycles. The van der Waals surface area contributed by atoms with E-state index < -0.39 is 5.97 Å². The van der Waals surface area contributed by atoms with E-state index in [-0.39, 0.29) is 18.1 Å². The molecule has 0 aromatic carbocycles. The highest BCUT2D eigenvalue weighted by atomic mass is 35.5. The van der Waals surface area contributed by atoms with E-state index in [0.717, 1.165) is 17.7 Å². The van der Waals surface area contributed by atoms with Gasteiger partial charge in [0, 0.05) is 5.69 Å². The molecule has 0 fully saturated rings. The number of aryl methyl sites for hydroxylation is 1. The third-order valence-corrected chi connectivity index (χ3v) is 2.04. The average molecular weight is 230 g/mol. The van der Waals surface area contributed by atoms with Crippen molar-refractivity contribution in [2.45, 2.75) is 27.2 Å². The molecule has 1 aromatic rings. The van der Waals surface area contributed by atoms with Crippen molar-refractivity contribution >= 4 is 18.4 Å². The Morgan fingerprint density at radius 1 is 1.47 bits per heavy atom. The van der Waals surface area contributed by atoms with Gasteiger partial charge >= 0.3 is 5.97 Å². The van der Waals surface area contributed by atoms with Gasteiger partial charge in [-0.05, 0) is 30.9 Å². The minimum Gasteiger partial charge on any atom is -0.477 e. The lowest BCUT2D eigenvalue weighted by molar-refractivity contribution is 0.0690. The van der Waals surface area contributed by atoms with E-state index in [1.54, 1.807) is 6.07 Å². The van der Waals surface area contributed by atoms with E-state index in [1.165, 1.54) is 0 Å². The summed E-state index contributed by atoms with van der Waals surface area (Å²) >= 11 is 0. The van der Waals surface area contributed by atoms with Gasteiger partial charge in [0.05, 0.1) is 0 Å². The molecule has 0 atom stereocenters. The topological polar surface area (TPSA) is 50.2 Å². The summed E-state index contributed by atoms with van der Waals surface area (Å²) in [6, 6.07) is 3.42. The molecule has 0 aliphatic heterocycles. The highest BCUT2D eigenvalue weighted by molar-refractivity contribution is 5.85. The van der Waals surface area contributed by atoms with Crippen molar-refractivity contribution < 1.29 is 9.90 Å². The maximum absolute atomic E-state index is 10.6. The van der Waals surface area contributed by atoms with Gasteiger partial charge in [0.2, 0.25) is 0 Å². The van der Waals surface area contributed by atoms with Crippen molar-refractivity contribution in [3.05, 3.63) is 29.1 Å². The van der Waals surface area contributed by atoms with Crippen LogP contribution < -0.4 is 0 Å². The number of hydrogen-bond donors (Lipinski definition) is 1. The van der Waals surface area contributed by atoms with Gasteiger partial charge in [-0.3, -0.25) is 0 Å². The summed E-state index contributed by atoms with van der Waals surface area (Å²) in [6.45, 7) is 6.11. The molecule has 84 valence electrons. The van der Waals surface area contributed by atoms with Gasteiger partial charge < -0.3 is 5.11 Å². The standard InChI is InChI=1S/C11H15NO2.ClH/c1-7(2)6-9-4-5-10(11(13)14)12-8(9)3;/h4-5,7H,6H2,1-3H3,(H,13,14);1H. The number of carboxylic acids is 1. The predicted molar refractivity (Wildman–Crippen MR) is 61.7 cm³/mol. The van der Waals surface area contributed by atoms with E-state index in [9.17, 15) is 4.79 Å². The molecule has 1 rings (SSSR count). The van der Waals surface area contributed by atoms with Crippen LogP contribution in [0.1, 0.15) is 35.6 Å². The Morgan fingerprint density at radius 3 is 2.47 bits per heavy atom. The number of pyridine rings is 1. The van der Waals surface area contributed by atoms with Gasteiger partial charge in [-0.1, -0.05) is 19.9 Å². The van der Waals surface area contributed by atoms with Crippen LogP contribution in [0.25, 0.3) is 0 Å². The quantitative estimate of drug-likeness (QED) is 0.867. The Balaban J connectivity index is 0.00000196. The van der Waals surface area contributed by atoms with Gasteiger partial charge in [-0.2, -0.15) is 0 Å². The first kappa shape index (κ1) is 13.9. The van der Waals surface area contributed by atoms with Crippen molar-refractivity contribution in [2.75, 3.05) is 0 Å².